The van der Waals surface area contributed by atoms with Crippen LogP contribution in [0.2, 0.25) is 0 Å². The van der Waals surface area contributed by atoms with E-state index in [0.29, 0.717) is 6.54 Å². The lowest BCUT2D eigenvalue weighted by Gasteiger charge is -2.15. The highest BCUT2D eigenvalue weighted by atomic mass is 79.9. The second kappa shape index (κ2) is 6.31. The van der Waals surface area contributed by atoms with Crippen molar-refractivity contribution in [2.45, 2.75) is 26.4 Å². The van der Waals surface area contributed by atoms with E-state index in [0.717, 1.165) is 10.0 Å². The largest absolute Gasteiger partial charge is 0.306 e. The third-order valence-electron chi connectivity index (χ3n) is 3.16. The lowest BCUT2D eigenvalue weighted by atomic mass is 10.1. The molecule has 0 aromatic heterocycles. The summed E-state index contributed by atoms with van der Waals surface area (Å²) in [5.41, 5.74) is 3.58. The fourth-order valence-corrected chi connectivity index (χ4v) is 2.48. The van der Waals surface area contributed by atoms with Crippen molar-refractivity contribution >= 4 is 15.9 Å². The predicted octanol–water partition coefficient (Wildman–Crippen LogP) is 4.75. The van der Waals surface area contributed by atoms with Crippen LogP contribution in [0, 0.1) is 12.7 Å². The van der Waals surface area contributed by atoms with Crippen molar-refractivity contribution in [2.24, 2.45) is 0 Å². The molecule has 2 aromatic rings. The van der Waals surface area contributed by atoms with Gasteiger partial charge in [0.15, 0.2) is 0 Å². The van der Waals surface area contributed by atoms with Crippen LogP contribution in [0.15, 0.2) is 46.9 Å². The Morgan fingerprint density at radius 3 is 2.68 bits per heavy atom. The van der Waals surface area contributed by atoms with Gasteiger partial charge in [0.05, 0.1) is 0 Å². The Morgan fingerprint density at radius 2 is 2.00 bits per heavy atom. The van der Waals surface area contributed by atoms with Gasteiger partial charge in [-0.25, -0.2) is 4.39 Å². The maximum atomic E-state index is 13.0. The van der Waals surface area contributed by atoms with Crippen molar-refractivity contribution in [3.63, 3.8) is 0 Å². The van der Waals surface area contributed by atoms with Crippen LogP contribution in [-0.2, 0) is 6.54 Å². The summed E-state index contributed by atoms with van der Waals surface area (Å²) in [6.07, 6.45) is 0. The smallest absolute Gasteiger partial charge is 0.124 e. The molecule has 0 aliphatic rings. The third kappa shape index (κ3) is 3.88. The summed E-state index contributed by atoms with van der Waals surface area (Å²) in [7, 11) is 0. The van der Waals surface area contributed by atoms with Crippen LogP contribution in [0.4, 0.5) is 4.39 Å². The van der Waals surface area contributed by atoms with Crippen LogP contribution in [0.5, 0.6) is 0 Å². The van der Waals surface area contributed by atoms with E-state index in [1.807, 2.05) is 0 Å². The number of rotatable bonds is 4. The highest BCUT2D eigenvalue weighted by molar-refractivity contribution is 9.10. The second-order valence-electron chi connectivity index (χ2n) is 4.75. The van der Waals surface area contributed by atoms with Crippen molar-refractivity contribution in [1.82, 2.24) is 5.32 Å². The van der Waals surface area contributed by atoms with Crippen LogP contribution in [-0.4, -0.2) is 0 Å². The first-order valence-electron chi connectivity index (χ1n) is 6.30. The number of aryl methyl sites for hydroxylation is 1. The first kappa shape index (κ1) is 14.2. The molecule has 19 heavy (non-hydrogen) atoms. The minimum Gasteiger partial charge on any atom is -0.306 e. The van der Waals surface area contributed by atoms with E-state index < -0.39 is 0 Å². The fourth-order valence-electron chi connectivity index (χ4n) is 1.99. The van der Waals surface area contributed by atoms with Gasteiger partial charge in [-0.15, -0.1) is 0 Å². The fraction of sp³-hybridized carbons (Fsp3) is 0.250. The van der Waals surface area contributed by atoms with Crippen molar-refractivity contribution in [1.29, 1.82) is 0 Å². The summed E-state index contributed by atoms with van der Waals surface area (Å²) < 4.78 is 13.8. The van der Waals surface area contributed by atoms with E-state index in [1.54, 1.807) is 6.07 Å². The lowest BCUT2D eigenvalue weighted by molar-refractivity contribution is 0.571. The van der Waals surface area contributed by atoms with E-state index >= 15 is 0 Å². The molecule has 0 bridgehead atoms. The zero-order valence-corrected chi connectivity index (χ0v) is 12.7. The molecule has 0 aliphatic carbocycles. The van der Waals surface area contributed by atoms with Gasteiger partial charge in [-0.3, -0.25) is 0 Å². The number of nitrogens with one attached hydrogen (secondary N) is 1. The zero-order chi connectivity index (χ0) is 13.8. The Morgan fingerprint density at radius 1 is 1.21 bits per heavy atom. The first-order valence-corrected chi connectivity index (χ1v) is 7.09. The van der Waals surface area contributed by atoms with Gasteiger partial charge in [0.1, 0.15) is 5.82 Å². The molecular formula is C16H17BrFN. The molecule has 0 aliphatic heterocycles. The molecule has 2 rings (SSSR count). The van der Waals surface area contributed by atoms with E-state index in [1.165, 1.54) is 23.3 Å². The standard InChI is InChI=1S/C16H17BrFN/c1-11-4-3-5-13(8-11)12(2)19-10-14-6-7-15(18)9-16(14)17/h3-9,12,19H,10H2,1-2H3/t12-/m1/s1. The Hall–Kier alpha value is -1.19. The number of benzene rings is 2. The van der Waals surface area contributed by atoms with Crippen LogP contribution in [0.1, 0.15) is 29.7 Å². The summed E-state index contributed by atoms with van der Waals surface area (Å²) in [5, 5.41) is 3.45. The maximum Gasteiger partial charge on any atom is 0.124 e. The van der Waals surface area contributed by atoms with Gasteiger partial charge in [0.2, 0.25) is 0 Å². The Bertz CT molecular complexity index is 568. The quantitative estimate of drug-likeness (QED) is 0.857. The van der Waals surface area contributed by atoms with Gasteiger partial charge in [-0.05, 0) is 37.1 Å². The highest BCUT2D eigenvalue weighted by Gasteiger charge is 2.07. The van der Waals surface area contributed by atoms with Gasteiger partial charge in [0.25, 0.3) is 0 Å². The van der Waals surface area contributed by atoms with Crippen LogP contribution >= 0.6 is 15.9 Å². The monoisotopic (exact) mass is 321 g/mol. The topological polar surface area (TPSA) is 12.0 Å². The SMILES string of the molecule is Cc1cccc([C@@H](C)NCc2ccc(F)cc2Br)c1. The molecule has 100 valence electrons. The van der Waals surface area contributed by atoms with Crippen molar-refractivity contribution in [2.75, 3.05) is 0 Å². The molecule has 1 nitrogen and oxygen atoms in total. The van der Waals surface area contributed by atoms with Crippen molar-refractivity contribution in [3.05, 3.63) is 69.4 Å². The van der Waals surface area contributed by atoms with Gasteiger partial charge < -0.3 is 5.32 Å². The molecule has 3 heteroatoms. The molecule has 2 aromatic carbocycles. The summed E-state index contributed by atoms with van der Waals surface area (Å²) in [4.78, 5) is 0. The molecular weight excluding hydrogens is 305 g/mol. The van der Waals surface area contributed by atoms with Gasteiger partial charge in [-0.2, -0.15) is 0 Å². The molecule has 0 saturated carbocycles. The summed E-state index contributed by atoms with van der Waals surface area (Å²) >= 11 is 3.39. The van der Waals surface area contributed by atoms with Gasteiger partial charge in [0, 0.05) is 17.1 Å². The minimum absolute atomic E-state index is 0.220. The van der Waals surface area contributed by atoms with Crippen LogP contribution in [0.25, 0.3) is 0 Å². The Kier molecular flexibility index (Phi) is 4.72. The molecule has 1 N–H and O–H groups in total. The highest BCUT2D eigenvalue weighted by Crippen LogP contribution is 2.20. The van der Waals surface area contributed by atoms with Crippen molar-refractivity contribution < 1.29 is 4.39 Å². The average Bonchev–Trinajstić information content (AvgIpc) is 2.37. The van der Waals surface area contributed by atoms with E-state index in [4.69, 9.17) is 0 Å². The molecule has 0 radical (unpaired) electrons. The third-order valence-corrected chi connectivity index (χ3v) is 3.89. The summed E-state index contributed by atoms with van der Waals surface area (Å²) in [5.74, 6) is -0.220. The molecule has 0 saturated heterocycles. The molecule has 0 heterocycles. The minimum atomic E-state index is -0.220. The number of hydrogen-bond acceptors (Lipinski definition) is 1. The summed E-state index contributed by atoms with van der Waals surface area (Å²) in [6, 6.07) is 13.5. The van der Waals surface area contributed by atoms with Crippen molar-refractivity contribution in [3.8, 4) is 0 Å². The average molecular weight is 322 g/mol. The lowest BCUT2D eigenvalue weighted by Crippen LogP contribution is -2.18. The molecule has 0 fully saturated rings. The molecule has 0 unspecified atom stereocenters. The number of hydrogen-bond donors (Lipinski definition) is 1. The second-order valence-corrected chi connectivity index (χ2v) is 5.61. The molecule has 0 amide bonds. The van der Waals surface area contributed by atoms with Crippen LogP contribution in [0.3, 0.4) is 0 Å². The normalized spacial score (nSPS) is 12.4. The maximum absolute atomic E-state index is 13.0. The van der Waals surface area contributed by atoms with Crippen LogP contribution < -0.4 is 5.32 Å². The predicted molar refractivity (Wildman–Crippen MR) is 80.5 cm³/mol. The molecule has 0 spiro atoms. The summed E-state index contributed by atoms with van der Waals surface area (Å²) in [6.45, 7) is 4.93. The van der Waals surface area contributed by atoms with E-state index in [2.05, 4.69) is 59.4 Å². The van der Waals surface area contributed by atoms with E-state index in [-0.39, 0.29) is 11.9 Å². The van der Waals surface area contributed by atoms with E-state index in [9.17, 15) is 4.39 Å². The Balaban J connectivity index is 2.02. The Labute approximate surface area is 122 Å². The van der Waals surface area contributed by atoms with Gasteiger partial charge in [-0.1, -0.05) is 51.8 Å². The van der Waals surface area contributed by atoms with Gasteiger partial charge >= 0.3 is 0 Å². The molecule has 1 atom stereocenters. The number of halogens is 2. The zero-order valence-electron chi connectivity index (χ0n) is 11.1. The first-order chi connectivity index (χ1) is 9.06.